The number of nitrogen functional groups attached to an aromatic ring is 1. The Morgan fingerprint density at radius 1 is 1.38 bits per heavy atom. The van der Waals surface area contributed by atoms with E-state index in [1.54, 1.807) is 6.07 Å². The molecular weight excluding hydrogens is 268 g/mol. The van der Waals surface area contributed by atoms with Gasteiger partial charge in [0.1, 0.15) is 6.54 Å². The molecule has 6 heteroatoms. The van der Waals surface area contributed by atoms with Gasteiger partial charge >= 0.3 is 0 Å². The minimum Gasteiger partial charge on any atom is -0.398 e. The van der Waals surface area contributed by atoms with Gasteiger partial charge in [0.2, 0.25) is 5.91 Å². The number of carbonyl (C=O) groups is 1. The molecule has 1 saturated heterocycles. The lowest BCUT2D eigenvalue weighted by Gasteiger charge is -2.30. The highest BCUT2D eigenvalue weighted by Crippen LogP contribution is 2.13. The van der Waals surface area contributed by atoms with Gasteiger partial charge < -0.3 is 20.1 Å². The number of rotatable bonds is 3. The van der Waals surface area contributed by atoms with Crippen LogP contribution in [-0.2, 0) is 11.3 Å². The van der Waals surface area contributed by atoms with Gasteiger partial charge in [0.15, 0.2) is 0 Å². The molecule has 2 N–H and O–H groups in total. The normalized spacial score (nSPS) is 20.3. The van der Waals surface area contributed by atoms with Gasteiger partial charge in [-0.1, -0.05) is 6.92 Å². The SMILES string of the molecule is CCC1CN(C)CCCN1C(=O)Cn1cc(N)ccc1=O. The summed E-state index contributed by atoms with van der Waals surface area (Å²) in [7, 11) is 2.08. The fourth-order valence-corrected chi connectivity index (χ4v) is 2.83. The predicted molar refractivity (Wildman–Crippen MR) is 83.0 cm³/mol. The van der Waals surface area contributed by atoms with Gasteiger partial charge in [-0.3, -0.25) is 9.59 Å². The molecule has 1 aromatic heterocycles. The first-order valence-corrected chi connectivity index (χ1v) is 7.45. The Hall–Kier alpha value is -1.82. The van der Waals surface area contributed by atoms with Gasteiger partial charge in [0.25, 0.3) is 5.56 Å². The molecule has 0 spiro atoms. The molecule has 2 rings (SSSR count). The number of nitrogens with two attached hydrogens (primary N) is 1. The van der Waals surface area contributed by atoms with E-state index in [2.05, 4.69) is 18.9 Å². The summed E-state index contributed by atoms with van der Waals surface area (Å²) in [6.45, 7) is 4.78. The number of hydrogen-bond donors (Lipinski definition) is 1. The van der Waals surface area contributed by atoms with Crippen molar-refractivity contribution in [1.29, 1.82) is 0 Å². The maximum absolute atomic E-state index is 12.6. The molecule has 0 radical (unpaired) electrons. The number of likely N-dealkylation sites (N-methyl/N-ethyl adjacent to an activating group) is 1. The highest BCUT2D eigenvalue weighted by atomic mass is 16.2. The van der Waals surface area contributed by atoms with Crippen LogP contribution in [0.3, 0.4) is 0 Å². The van der Waals surface area contributed by atoms with Gasteiger partial charge in [-0.25, -0.2) is 0 Å². The Kier molecular flexibility index (Phi) is 5.01. The number of amides is 1. The molecular formula is C15H24N4O2. The van der Waals surface area contributed by atoms with Crippen molar-refractivity contribution in [1.82, 2.24) is 14.4 Å². The second kappa shape index (κ2) is 6.76. The zero-order valence-corrected chi connectivity index (χ0v) is 12.8. The molecule has 21 heavy (non-hydrogen) atoms. The van der Waals surface area contributed by atoms with Crippen molar-refractivity contribution >= 4 is 11.6 Å². The standard InChI is InChI=1S/C15H24N4O2/c1-3-13-10-17(2)7-4-8-19(13)15(21)11-18-9-12(16)5-6-14(18)20/h5-6,9,13H,3-4,7-8,10-11,16H2,1-2H3. The summed E-state index contributed by atoms with van der Waals surface area (Å²) in [5, 5.41) is 0. The smallest absolute Gasteiger partial charge is 0.251 e. The molecule has 1 aromatic rings. The van der Waals surface area contributed by atoms with Gasteiger partial charge in [-0.15, -0.1) is 0 Å². The van der Waals surface area contributed by atoms with E-state index in [4.69, 9.17) is 5.73 Å². The topological polar surface area (TPSA) is 71.6 Å². The molecule has 1 aliphatic heterocycles. The number of hydrogen-bond acceptors (Lipinski definition) is 4. The lowest BCUT2D eigenvalue weighted by molar-refractivity contribution is -0.134. The van der Waals surface area contributed by atoms with Crippen LogP contribution in [0.15, 0.2) is 23.1 Å². The van der Waals surface area contributed by atoms with Crippen LogP contribution in [0.1, 0.15) is 19.8 Å². The number of carbonyl (C=O) groups excluding carboxylic acids is 1. The summed E-state index contributed by atoms with van der Waals surface area (Å²) in [4.78, 5) is 28.5. The summed E-state index contributed by atoms with van der Waals surface area (Å²) in [6, 6.07) is 3.16. The molecule has 0 bridgehead atoms. The highest BCUT2D eigenvalue weighted by molar-refractivity contribution is 5.76. The Balaban J connectivity index is 2.14. The van der Waals surface area contributed by atoms with Crippen molar-refractivity contribution in [3.63, 3.8) is 0 Å². The zero-order valence-electron chi connectivity index (χ0n) is 12.8. The molecule has 1 fully saturated rings. The van der Waals surface area contributed by atoms with E-state index in [9.17, 15) is 9.59 Å². The number of anilines is 1. The average molecular weight is 292 g/mol. The third-order valence-corrected chi connectivity index (χ3v) is 4.01. The van der Waals surface area contributed by atoms with Crippen LogP contribution in [0.5, 0.6) is 0 Å². The van der Waals surface area contributed by atoms with Gasteiger partial charge in [-0.2, -0.15) is 0 Å². The third-order valence-electron chi connectivity index (χ3n) is 4.01. The van der Waals surface area contributed by atoms with Crippen molar-refractivity contribution in [2.24, 2.45) is 0 Å². The molecule has 116 valence electrons. The van der Waals surface area contributed by atoms with Crippen LogP contribution >= 0.6 is 0 Å². The van der Waals surface area contributed by atoms with E-state index >= 15 is 0 Å². The predicted octanol–water partition coefficient (Wildman–Crippen LogP) is 0.373. The highest BCUT2D eigenvalue weighted by Gasteiger charge is 2.26. The van der Waals surface area contributed by atoms with E-state index in [0.717, 1.165) is 32.5 Å². The van der Waals surface area contributed by atoms with Crippen LogP contribution in [0.4, 0.5) is 5.69 Å². The fourth-order valence-electron chi connectivity index (χ4n) is 2.83. The van der Waals surface area contributed by atoms with Crippen LogP contribution in [0.25, 0.3) is 0 Å². The monoisotopic (exact) mass is 292 g/mol. The first-order valence-electron chi connectivity index (χ1n) is 7.45. The summed E-state index contributed by atoms with van der Waals surface area (Å²) in [6.07, 6.45) is 3.41. The third kappa shape index (κ3) is 3.85. The molecule has 2 heterocycles. The quantitative estimate of drug-likeness (QED) is 0.874. The Morgan fingerprint density at radius 3 is 2.86 bits per heavy atom. The van der Waals surface area contributed by atoms with E-state index in [0.29, 0.717) is 5.69 Å². The van der Waals surface area contributed by atoms with Gasteiger partial charge in [0, 0.05) is 37.1 Å². The summed E-state index contributed by atoms with van der Waals surface area (Å²) in [5.41, 5.74) is 5.98. The number of nitrogens with zero attached hydrogens (tertiary/aromatic N) is 3. The minimum atomic E-state index is -0.197. The second-order valence-electron chi connectivity index (χ2n) is 5.69. The maximum Gasteiger partial charge on any atom is 0.251 e. The maximum atomic E-state index is 12.6. The van der Waals surface area contributed by atoms with Crippen molar-refractivity contribution in [2.75, 3.05) is 32.4 Å². The lowest BCUT2D eigenvalue weighted by Crippen LogP contribution is -2.45. The first kappa shape index (κ1) is 15.6. The lowest BCUT2D eigenvalue weighted by atomic mass is 10.2. The Bertz CT molecular complexity index is 555. The van der Waals surface area contributed by atoms with E-state index in [-0.39, 0.29) is 24.1 Å². The Morgan fingerprint density at radius 2 is 2.14 bits per heavy atom. The fraction of sp³-hybridized carbons (Fsp3) is 0.600. The molecule has 6 nitrogen and oxygen atoms in total. The molecule has 0 aromatic carbocycles. The van der Waals surface area contributed by atoms with Gasteiger partial charge in [0.05, 0.1) is 0 Å². The molecule has 1 unspecified atom stereocenters. The zero-order chi connectivity index (χ0) is 15.4. The molecule has 1 aliphatic rings. The Labute approximate surface area is 125 Å². The van der Waals surface area contributed by atoms with Crippen molar-refractivity contribution in [2.45, 2.75) is 32.4 Å². The minimum absolute atomic E-state index is 0.00940. The van der Waals surface area contributed by atoms with Crippen molar-refractivity contribution in [3.8, 4) is 0 Å². The van der Waals surface area contributed by atoms with E-state index < -0.39 is 0 Å². The van der Waals surface area contributed by atoms with Crippen LogP contribution < -0.4 is 11.3 Å². The molecule has 0 saturated carbocycles. The summed E-state index contributed by atoms with van der Waals surface area (Å²) in [5.74, 6) is -0.00940. The molecule has 0 aliphatic carbocycles. The summed E-state index contributed by atoms with van der Waals surface area (Å²) >= 11 is 0. The first-order chi connectivity index (χ1) is 10.0. The van der Waals surface area contributed by atoms with Gasteiger partial charge in [-0.05, 0) is 32.5 Å². The van der Waals surface area contributed by atoms with Crippen molar-refractivity contribution in [3.05, 3.63) is 28.7 Å². The number of pyridine rings is 1. The molecule has 1 atom stereocenters. The van der Waals surface area contributed by atoms with Crippen molar-refractivity contribution < 1.29 is 4.79 Å². The van der Waals surface area contributed by atoms with E-state index in [1.807, 2.05) is 4.90 Å². The summed E-state index contributed by atoms with van der Waals surface area (Å²) < 4.78 is 1.39. The van der Waals surface area contributed by atoms with Crippen LogP contribution in [-0.4, -0.2) is 53.0 Å². The number of aromatic nitrogens is 1. The molecule has 1 amide bonds. The van der Waals surface area contributed by atoms with E-state index in [1.165, 1.54) is 16.8 Å². The second-order valence-corrected chi connectivity index (χ2v) is 5.69. The largest absolute Gasteiger partial charge is 0.398 e. The average Bonchev–Trinajstić information content (AvgIpc) is 2.64. The van der Waals surface area contributed by atoms with Crippen LogP contribution in [0.2, 0.25) is 0 Å². The van der Waals surface area contributed by atoms with Crippen LogP contribution in [0, 0.1) is 0 Å².